The van der Waals surface area contributed by atoms with Gasteiger partial charge in [-0.3, -0.25) is 4.79 Å². The minimum Gasteiger partial charge on any atom is -0.368 e. The van der Waals surface area contributed by atoms with E-state index in [0.29, 0.717) is 12.6 Å². The number of amides is 1. The summed E-state index contributed by atoms with van der Waals surface area (Å²) in [5.41, 5.74) is 4.90. The fourth-order valence-electron chi connectivity index (χ4n) is 3.01. The molecule has 0 aromatic heterocycles. The molecule has 1 saturated heterocycles. The Morgan fingerprint density at radius 2 is 2.21 bits per heavy atom. The third-order valence-corrected chi connectivity index (χ3v) is 3.93. The number of nitrogens with two attached hydrogens (primary N) is 1. The normalized spacial score (nSPS) is 24.1. The van der Waals surface area contributed by atoms with Crippen LogP contribution in [0.3, 0.4) is 0 Å². The molecule has 0 spiro atoms. The zero-order valence-corrected chi connectivity index (χ0v) is 13.1. The highest BCUT2D eigenvalue weighted by Gasteiger charge is 2.33. The molecule has 3 N–H and O–H groups in total. The second-order valence-corrected chi connectivity index (χ2v) is 6.47. The van der Waals surface area contributed by atoms with Crippen LogP contribution in [0, 0.1) is 0 Å². The quantitative estimate of drug-likeness (QED) is 0.696. The number of likely N-dealkylation sites (N-methyl/N-ethyl adjacent to an activating group) is 2. The second-order valence-electron chi connectivity index (χ2n) is 6.47. The van der Waals surface area contributed by atoms with Crippen LogP contribution in [0.15, 0.2) is 0 Å². The lowest BCUT2D eigenvalue weighted by Gasteiger charge is -2.35. The third kappa shape index (κ3) is 4.75. The van der Waals surface area contributed by atoms with E-state index >= 15 is 0 Å². The fraction of sp³-hybridized carbons (Fsp3) is 0.929. The van der Waals surface area contributed by atoms with Crippen LogP contribution in [-0.4, -0.2) is 67.1 Å². The molecule has 1 aliphatic heterocycles. The van der Waals surface area contributed by atoms with Crippen molar-refractivity contribution in [1.29, 1.82) is 0 Å². The van der Waals surface area contributed by atoms with E-state index in [1.54, 1.807) is 0 Å². The SMILES string of the molecule is CC(C)NC(C)(CN(C)CC1CCCN1C)C(N)=O. The summed E-state index contributed by atoms with van der Waals surface area (Å²) < 4.78 is 0. The molecule has 112 valence electrons. The van der Waals surface area contributed by atoms with Crippen LogP contribution in [0.1, 0.15) is 33.6 Å². The topological polar surface area (TPSA) is 61.6 Å². The van der Waals surface area contributed by atoms with Crippen molar-refractivity contribution in [3.05, 3.63) is 0 Å². The first-order chi connectivity index (χ1) is 8.74. The Kier molecular flexibility index (Phi) is 5.77. The molecule has 0 aromatic carbocycles. The lowest BCUT2D eigenvalue weighted by molar-refractivity contribution is -0.124. The number of likely N-dealkylation sites (tertiary alicyclic amines) is 1. The number of rotatable bonds is 7. The molecular formula is C14H30N4O. The molecule has 0 saturated carbocycles. The molecule has 1 heterocycles. The Morgan fingerprint density at radius 3 is 2.63 bits per heavy atom. The van der Waals surface area contributed by atoms with Crippen LogP contribution < -0.4 is 11.1 Å². The Balaban J connectivity index is 2.56. The Bertz CT molecular complexity index is 308. The fourth-order valence-corrected chi connectivity index (χ4v) is 3.01. The third-order valence-electron chi connectivity index (χ3n) is 3.93. The van der Waals surface area contributed by atoms with E-state index in [9.17, 15) is 4.79 Å². The molecule has 5 heteroatoms. The summed E-state index contributed by atoms with van der Waals surface area (Å²) >= 11 is 0. The van der Waals surface area contributed by atoms with E-state index in [1.165, 1.54) is 19.4 Å². The van der Waals surface area contributed by atoms with Gasteiger partial charge in [-0.15, -0.1) is 0 Å². The summed E-state index contributed by atoms with van der Waals surface area (Å²) in [6, 6.07) is 0.834. The molecule has 1 aliphatic rings. The van der Waals surface area contributed by atoms with Gasteiger partial charge in [0.05, 0.1) is 0 Å². The highest BCUT2D eigenvalue weighted by molar-refractivity contribution is 5.84. The van der Waals surface area contributed by atoms with Gasteiger partial charge in [-0.2, -0.15) is 0 Å². The summed E-state index contributed by atoms with van der Waals surface area (Å²) in [4.78, 5) is 16.3. The molecule has 0 bridgehead atoms. The number of nitrogens with one attached hydrogen (secondary N) is 1. The van der Waals surface area contributed by atoms with E-state index in [1.807, 2.05) is 20.8 Å². The molecule has 2 unspecified atom stereocenters. The molecule has 19 heavy (non-hydrogen) atoms. The van der Waals surface area contributed by atoms with Gasteiger partial charge in [0.2, 0.25) is 5.91 Å². The number of primary amides is 1. The van der Waals surface area contributed by atoms with Gasteiger partial charge in [-0.25, -0.2) is 0 Å². The van der Waals surface area contributed by atoms with Crippen LogP contribution in [0.4, 0.5) is 0 Å². The van der Waals surface area contributed by atoms with Crippen molar-refractivity contribution in [3.63, 3.8) is 0 Å². The zero-order valence-electron chi connectivity index (χ0n) is 13.1. The summed E-state index contributed by atoms with van der Waals surface area (Å²) in [6.07, 6.45) is 2.51. The van der Waals surface area contributed by atoms with Crippen molar-refractivity contribution in [1.82, 2.24) is 15.1 Å². The first-order valence-electron chi connectivity index (χ1n) is 7.21. The largest absolute Gasteiger partial charge is 0.368 e. The van der Waals surface area contributed by atoms with Gasteiger partial charge in [-0.05, 0) is 54.3 Å². The Hall–Kier alpha value is -0.650. The number of hydrogen-bond donors (Lipinski definition) is 2. The molecule has 0 aromatic rings. The van der Waals surface area contributed by atoms with Gasteiger partial charge in [0.15, 0.2) is 0 Å². The van der Waals surface area contributed by atoms with E-state index in [0.717, 1.165) is 6.54 Å². The van der Waals surface area contributed by atoms with Crippen LogP contribution in [0.2, 0.25) is 0 Å². The number of carbonyl (C=O) groups excluding carboxylic acids is 1. The number of nitrogens with zero attached hydrogens (tertiary/aromatic N) is 2. The maximum atomic E-state index is 11.7. The van der Waals surface area contributed by atoms with Gasteiger partial charge < -0.3 is 20.9 Å². The second kappa shape index (κ2) is 6.68. The Labute approximate surface area is 117 Å². The molecule has 1 fully saturated rings. The van der Waals surface area contributed by atoms with Crippen molar-refractivity contribution >= 4 is 5.91 Å². The maximum absolute atomic E-state index is 11.7. The maximum Gasteiger partial charge on any atom is 0.238 e. The van der Waals surface area contributed by atoms with Crippen LogP contribution in [-0.2, 0) is 4.79 Å². The molecule has 2 atom stereocenters. The number of hydrogen-bond acceptors (Lipinski definition) is 4. The Morgan fingerprint density at radius 1 is 1.58 bits per heavy atom. The molecular weight excluding hydrogens is 240 g/mol. The monoisotopic (exact) mass is 270 g/mol. The highest BCUT2D eigenvalue weighted by Crippen LogP contribution is 2.16. The minimum absolute atomic E-state index is 0.236. The van der Waals surface area contributed by atoms with E-state index < -0.39 is 5.54 Å². The molecule has 0 aliphatic carbocycles. The van der Waals surface area contributed by atoms with Crippen LogP contribution >= 0.6 is 0 Å². The summed E-state index contributed by atoms with van der Waals surface area (Å²) in [7, 11) is 4.24. The standard InChI is InChI=1S/C14H30N4O/c1-11(2)16-14(3,13(15)19)10-17(4)9-12-7-6-8-18(12)5/h11-12,16H,6-10H2,1-5H3,(H2,15,19). The first-order valence-corrected chi connectivity index (χ1v) is 7.21. The molecule has 0 radical (unpaired) electrons. The van der Waals surface area contributed by atoms with E-state index in [-0.39, 0.29) is 11.9 Å². The van der Waals surface area contributed by atoms with E-state index in [4.69, 9.17) is 5.73 Å². The zero-order chi connectivity index (χ0) is 14.6. The predicted octanol–water partition coefficient (Wildman–Crippen LogP) is 0.254. The van der Waals surface area contributed by atoms with Crippen molar-refractivity contribution < 1.29 is 4.79 Å². The number of carbonyl (C=O) groups is 1. The average molecular weight is 270 g/mol. The average Bonchev–Trinajstić information content (AvgIpc) is 2.62. The molecule has 1 amide bonds. The van der Waals surface area contributed by atoms with E-state index in [2.05, 4.69) is 29.2 Å². The van der Waals surface area contributed by atoms with Crippen molar-refractivity contribution in [2.75, 3.05) is 33.7 Å². The summed E-state index contributed by atoms with van der Waals surface area (Å²) in [6.45, 7) is 8.77. The van der Waals surface area contributed by atoms with Gasteiger partial charge in [0.1, 0.15) is 5.54 Å². The predicted molar refractivity (Wildman–Crippen MR) is 79.0 cm³/mol. The van der Waals surface area contributed by atoms with Crippen LogP contribution in [0.5, 0.6) is 0 Å². The molecule has 5 nitrogen and oxygen atoms in total. The van der Waals surface area contributed by atoms with Crippen LogP contribution in [0.25, 0.3) is 0 Å². The van der Waals surface area contributed by atoms with Gasteiger partial charge in [0.25, 0.3) is 0 Å². The lowest BCUT2D eigenvalue weighted by Crippen LogP contribution is -2.61. The first kappa shape index (κ1) is 16.4. The van der Waals surface area contributed by atoms with Gasteiger partial charge in [-0.1, -0.05) is 0 Å². The van der Waals surface area contributed by atoms with Crippen molar-refractivity contribution in [2.45, 2.75) is 51.2 Å². The van der Waals surface area contributed by atoms with Crippen molar-refractivity contribution in [2.24, 2.45) is 5.73 Å². The summed E-state index contributed by atoms with van der Waals surface area (Å²) in [5, 5.41) is 3.29. The minimum atomic E-state index is -0.667. The van der Waals surface area contributed by atoms with Crippen molar-refractivity contribution in [3.8, 4) is 0 Å². The smallest absolute Gasteiger partial charge is 0.238 e. The van der Waals surface area contributed by atoms with Gasteiger partial charge >= 0.3 is 0 Å². The summed E-state index contributed by atoms with van der Waals surface area (Å²) in [5.74, 6) is -0.284. The highest BCUT2D eigenvalue weighted by atomic mass is 16.1. The lowest BCUT2D eigenvalue weighted by atomic mass is 9.99. The molecule has 1 rings (SSSR count). The van der Waals surface area contributed by atoms with Gasteiger partial charge in [0, 0.05) is 25.2 Å².